The number of hydrogen-bond acceptors (Lipinski definition) is 5. The van der Waals surface area contributed by atoms with Gasteiger partial charge in [0.2, 0.25) is 5.89 Å². The molecule has 1 saturated carbocycles. The van der Waals surface area contributed by atoms with Gasteiger partial charge in [-0.2, -0.15) is 0 Å². The van der Waals surface area contributed by atoms with Crippen LogP contribution < -0.4 is 10.6 Å². The molecule has 5 nitrogen and oxygen atoms in total. The molecule has 0 amide bonds. The van der Waals surface area contributed by atoms with Gasteiger partial charge in [-0.1, -0.05) is 39.2 Å². The molecule has 1 aromatic heterocycles. The van der Waals surface area contributed by atoms with Crippen LogP contribution in [0.15, 0.2) is 4.42 Å². The third-order valence-electron chi connectivity index (χ3n) is 3.83. The highest BCUT2D eigenvalue weighted by Gasteiger charge is 2.28. The predicted octanol–water partition coefficient (Wildman–Crippen LogP) is 3.20. The molecule has 20 heavy (non-hydrogen) atoms. The number of nitrogens with zero attached hydrogens (tertiary/aromatic N) is 2. The van der Waals surface area contributed by atoms with Crippen molar-refractivity contribution < 1.29 is 4.42 Å². The first kappa shape index (κ1) is 15.3. The number of rotatable bonds is 6. The van der Waals surface area contributed by atoms with Crippen LogP contribution in [0.4, 0.5) is 6.01 Å². The van der Waals surface area contributed by atoms with Gasteiger partial charge >= 0.3 is 6.01 Å². The van der Waals surface area contributed by atoms with E-state index in [-0.39, 0.29) is 0 Å². The molecule has 1 aliphatic carbocycles. The third kappa shape index (κ3) is 4.78. The van der Waals surface area contributed by atoms with Crippen molar-refractivity contribution >= 4 is 6.01 Å². The second-order valence-corrected chi connectivity index (χ2v) is 7.13. The lowest BCUT2D eigenvalue weighted by molar-refractivity contribution is 0.227. The molecule has 1 aliphatic rings. The Morgan fingerprint density at radius 3 is 2.85 bits per heavy atom. The Morgan fingerprint density at radius 1 is 1.35 bits per heavy atom. The largest absolute Gasteiger partial charge is 0.407 e. The summed E-state index contributed by atoms with van der Waals surface area (Å²) in [4.78, 5) is 0. The topological polar surface area (TPSA) is 63.0 Å². The minimum Gasteiger partial charge on any atom is -0.407 e. The van der Waals surface area contributed by atoms with Crippen molar-refractivity contribution in [1.29, 1.82) is 0 Å². The van der Waals surface area contributed by atoms with Crippen LogP contribution in [0.1, 0.15) is 59.3 Å². The van der Waals surface area contributed by atoms with Gasteiger partial charge in [-0.3, -0.25) is 0 Å². The van der Waals surface area contributed by atoms with E-state index in [1.54, 1.807) is 0 Å². The van der Waals surface area contributed by atoms with Crippen molar-refractivity contribution in [1.82, 2.24) is 15.5 Å². The molecule has 1 aromatic rings. The summed E-state index contributed by atoms with van der Waals surface area (Å²) >= 11 is 0. The van der Waals surface area contributed by atoms with E-state index in [0.717, 1.165) is 13.0 Å². The zero-order valence-corrected chi connectivity index (χ0v) is 13.2. The van der Waals surface area contributed by atoms with Crippen molar-refractivity contribution in [2.24, 2.45) is 11.3 Å². The standard InChI is InChI=1S/C15H28N4O/c1-11(2)9-16-10-13-18-19-14(20-13)17-12-6-5-7-15(3,4)8-12/h11-12,16H,5-10H2,1-4H3,(H,17,19). The van der Waals surface area contributed by atoms with E-state index >= 15 is 0 Å². The molecule has 0 radical (unpaired) electrons. The summed E-state index contributed by atoms with van der Waals surface area (Å²) in [5, 5.41) is 14.9. The summed E-state index contributed by atoms with van der Waals surface area (Å²) < 4.78 is 5.64. The van der Waals surface area contributed by atoms with Gasteiger partial charge in [0, 0.05) is 6.04 Å². The second-order valence-electron chi connectivity index (χ2n) is 7.13. The van der Waals surface area contributed by atoms with E-state index in [4.69, 9.17) is 4.42 Å². The zero-order chi connectivity index (χ0) is 14.6. The molecular formula is C15H28N4O. The Kier molecular flexibility index (Phi) is 5.02. The average Bonchev–Trinajstić information content (AvgIpc) is 2.75. The zero-order valence-electron chi connectivity index (χ0n) is 13.2. The summed E-state index contributed by atoms with van der Waals surface area (Å²) in [5.41, 5.74) is 0.414. The first-order valence-corrected chi connectivity index (χ1v) is 7.74. The maximum atomic E-state index is 5.64. The van der Waals surface area contributed by atoms with E-state index in [2.05, 4.69) is 48.5 Å². The Morgan fingerprint density at radius 2 is 2.15 bits per heavy atom. The maximum Gasteiger partial charge on any atom is 0.315 e. The van der Waals surface area contributed by atoms with E-state index in [1.807, 2.05) is 0 Å². The van der Waals surface area contributed by atoms with Crippen LogP contribution in [0.25, 0.3) is 0 Å². The molecule has 1 heterocycles. The SMILES string of the molecule is CC(C)CNCc1nnc(NC2CCCC(C)(C)C2)o1. The van der Waals surface area contributed by atoms with Crippen molar-refractivity contribution in [3.63, 3.8) is 0 Å². The first-order valence-electron chi connectivity index (χ1n) is 7.74. The molecule has 2 N–H and O–H groups in total. The highest BCUT2D eigenvalue weighted by molar-refractivity contribution is 5.20. The second kappa shape index (κ2) is 6.57. The fourth-order valence-corrected chi connectivity index (χ4v) is 2.85. The van der Waals surface area contributed by atoms with Crippen LogP contribution in [-0.2, 0) is 6.54 Å². The highest BCUT2D eigenvalue weighted by atomic mass is 16.4. The predicted molar refractivity (Wildman–Crippen MR) is 80.5 cm³/mol. The number of hydrogen-bond donors (Lipinski definition) is 2. The molecule has 1 unspecified atom stereocenters. The lowest BCUT2D eigenvalue weighted by Crippen LogP contribution is -2.31. The number of nitrogens with one attached hydrogen (secondary N) is 2. The van der Waals surface area contributed by atoms with Crippen LogP contribution in [-0.4, -0.2) is 22.8 Å². The lowest BCUT2D eigenvalue weighted by Gasteiger charge is -2.35. The van der Waals surface area contributed by atoms with Gasteiger partial charge in [0.05, 0.1) is 6.54 Å². The van der Waals surface area contributed by atoms with Gasteiger partial charge < -0.3 is 15.1 Å². The first-order chi connectivity index (χ1) is 9.44. The molecule has 114 valence electrons. The monoisotopic (exact) mass is 280 g/mol. The van der Waals surface area contributed by atoms with Crippen LogP contribution in [0.5, 0.6) is 0 Å². The van der Waals surface area contributed by atoms with E-state index in [0.29, 0.717) is 35.8 Å². The molecule has 5 heteroatoms. The summed E-state index contributed by atoms with van der Waals surface area (Å²) in [6.45, 7) is 10.6. The number of aromatic nitrogens is 2. The Bertz CT molecular complexity index is 414. The van der Waals surface area contributed by atoms with Crippen LogP contribution in [0.2, 0.25) is 0 Å². The van der Waals surface area contributed by atoms with E-state index in [1.165, 1.54) is 19.3 Å². The van der Waals surface area contributed by atoms with Gasteiger partial charge in [0.25, 0.3) is 0 Å². The minimum atomic E-state index is 0.414. The molecular weight excluding hydrogens is 252 g/mol. The van der Waals surface area contributed by atoms with Crippen LogP contribution >= 0.6 is 0 Å². The summed E-state index contributed by atoms with van der Waals surface area (Å²) in [6.07, 6.45) is 4.92. The summed E-state index contributed by atoms with van der Waals surface area (Å²) in [5.74, 6) is 1.28. The fourth-order valence-electron chi connectivity index (χ4n) is 2.85. The molecule has 1 fully saturated rings. The summed E-state index contributed by atoms with van der Waals surface area (Å²) in [6, 6.07) is 1.02. The lowest BCUT2D eigenvalue weighted by atomic mass is 9.75. The molecule has 0 aliphatic heterocycles. The highest BCUT2D eigenvalue weighted by Crippen LogP contribution is 2.36. The smallest absolute Gasteiger partial charge is 0.315 e. The van der Waals surface area contributed by atoms with Crippen molar-refractivity contribution in [3.8, 4) is 0 Å². The Labute approximate surface area is 121 Å². The fraction of sp³-hybridized carbons (Fsp3) is 0.867. The van der Waals surface area contributed by atoms with Gasteiger partial charge in [0.1, 0.15) is 0 Å². The maximum absolute atomic E-state index is 5.64. The molecule has 2 rings (SSSR count). The molecule has 1 atom stereocenters. The van der Waals surface area contributed by atoms with E-state index in [9.17, 15) is 0 Å². The molecule has 0 saturated heterocycles. The molecule has 0 spiro atoms. The van der Waals surface area contributed by atoms with E-state index < -0.39 is 0 Å². The van der Waals surface area contributed by atoms with Crippen molar-refractivity contribution in [2.45, 2.75) is 66.0 Å². The normalized spacial score (nSPS) is 22.1. The van der Waals surface area contributed by atoms with Gasteiger partial charge in [-0.25, -0.2) is 0 Å². The van der Waals surface area contributed by atoms with Crippen molar-refractivity contribution in [2.75, 3.05) is 11.9 Å². The Hall–Kier alpha value is -1.10. The third-order valence-corrected chi connectivity index (χ3v) is 3.83. The molecule has 0 bridgehead atoms. The van der Waals surface area contributed by atoms with Gasteiger partial charge in [-0.15, -0.1) is 5.10 Å². The van der Waals surface area contributed by atoms with Crippen molar-refractivity contribution in [3.05, 3.63) is 5.89 Å². The van der Waals surface area contributed by atoms with Gasteiger partial charge in [0.15, 0.2) is 0 Å². The number of anilines is 1. The summed E-state index contributed by atoms with van der Waals surface area (Å²) in [7, 11) is 0. The Balaban J connectivity index is 1.80. The van der Waals surface area contributed by atoms with Crippen LogP contribution in [0.3, 0.4) is 0 Å². The van der Waals surface area contributed by atoms with Gasteiger partial charge in [-0.05, 0) is 37.1 Å². The molecule has 0 aromatic carbocycles. The van der Waals surface area contributed by atoms with Crippen LogP contribution in [0, 0.1) is 11.3 Å². The average molecular weight is 280 g/mol. The minimum absolute atomic E-state index is 0.414. The quantitative estimate of drug-likeness (QED) is 0.838.